The fourth-order valence-corrected chi connectivity index (χ4v) is 2.44. The summed E-state index contributed by atoms with van der Waals surface area (Å²) in [5.74, 6) is -0.00258. The van der Waals surface area contributed by atoms with Gasteiger partial charge in [-0.05, 0) is 43.2 Å². The van der Waals surface area contributed by atoms with Crippen LogP contribution in [0.4, 0.5) is 0 Å². The number of nitrogens with one attached hydrogen (secondary N) is 1. The summed E-state index contributed by atoms with van der Waals surface area (Å²) in [6.07, 6.45) is 6.04. The third-order valence-electron chi connectivity index (χ3n) is 3.74. The average Bonchev–Trinajstić information content (AvgIpc) is 2.99. The summed E-state index contributed by atoms with van der Waals surface area (Å²) in [6, 6.07) is 11.4. The summed E-state index contributed by atoms with van der Waals surface area (Å²) in [4.78, 5) is 20.6. The molecular formula is C17H18N4O. The van der Waals surface area contributed by atoms with E-state index in [0.717, 1.165) is 23.0 Å². The van der Waals surface area contributed by atoms with Gasteiger partial charge in [0.15, 0.2) is 0 Å². The molecule has 112 valence electrons. The summed E-state index contributed by atoms with van der Waals surface area (Å²) in [6.45, 7) is 2.50. The summed E-state index contributed by atoms with van der Waals surface area (Å²) in [5.41, 5.74) is 3.04. The number of imidazole rings is 1. The lowest BCUT2D eigenvalue weighted by Crippen LogP contribution is -2.32. The van der Waals surface area contributed by atoms with E-state index in [0.29, 0.717) is 6.54 Å². The Balaban J connectivity index is 1.62. The van der Waals surface area contributed by atoms with Crippen molar-refractivity contribution in [2.75, 3.05) is 6.54 Å². The maximum atomic E-state index is 12.3. The maximum absolute atomic E-state index is 12.3. The van der Waals surface area contributed by atoms with E-state index in [2.05, 4.69) is 15.3 Å². The van der Waals surface area contributed by atoms with Crippen molar-refractivity contribution >= 4 is 16.9 Å². The minimum absolute atomic E-state index is 0.00258. The minimum atomic E-state index is -0.287. The van der Waals surface area contributed by atoms with E-state index in [4.69, 9.17) is 0 Å². The number of benzene rings is 1. The highest BCUT2D eigenvalue weighted by Gasteiger charge is 2.16. The molecule has 0 saturated carbocycles. The van der Waals surface area contributed by atoms with Crippen molar-refractivity contribution in [1.29, 1.82) is 0 Å². The van der Waals surface area contributed by atoms with Crippen molar-refractivity contribution in [3.05, 3.63) is 60.7 Å². The second-order valence-corrected chi connectivity index (χ2v) is 5.21. The van der Waals surface area contributed by atoms with Gasteiger partial charge in [0.05, 0.1) is 17.4 Å². The van der Waals surface area contributed by atoms with Crippen LogP contribution < -0.4 is 5.32 Å². The maximum Gasteiger partial charge on any atom is 0.242 e. The zero-order chi connectivity index (χ0) is 15.4. The largest absolute Gasteiger partial charge is 0.354 e. The van der Waals surface area contributed by atoms with E-state index < -0.39 is 0 Å². The monoisotopic (exact) mass is 294 g/mol. The normalized spacial score (nSPS) is 12.2. The van der Waals surface area contributed by atoms with Gasteiger partial charge in [-0.1, -0.05) is 12.1 Å². The van der Waals surface area contributed by atoms with Crippen molar-refractivity contribution in [3.8, 4) is 0 Å². The highest BCUT2D eigenvalue weighted by atomic mass is 16.2. The molecule has 0 bridgehead atoms. The van der Waals surface area contributed by atoms with Gasteiger partial charge in [0.2, 0.25) is 5.91 Å². The fraction of sp³-hybridized carbons (Fsp3) is 0.235. The Bertz CT molecular complexity index is 766. The molecule has 0 spiro atoms. The number of pyridine rings is 1. The molecule has 0 saturated heterocycles. The molecule has 1 amide bonds. The van der Waals surface area contributed by atoms with E-state index in [1.165, 1.54) is 0 Å². The van der Waals surface area contributed by atoms with Crippen LogP contribution in [0.3, 0.4) is 0 Å². The third-order valence-corrected chi connectivity index (χ3v) is 3.74. The number of hydrogen-bond acceptors (Lipinski definition) is 3. The van der Waals surface area contributed by atoms with Crippen LogP contribution in [0.25, 0.3) is 11.0 Å². The summed E-state index contributed by atoms with van der Waals surface area (Å²) >= 11 is 0. The van der Waals surface area contributed by atoms with Crippen LogP contribution in [0.15, 0.2) is 55.1 Å². The molecule has 0 aliphatic heterocycles. The van der Waals surface area contributed by atoms with Gasteiger partial charge in [0.25, 0.3) is 0 Å². The smallest absolute Gasteiger partial charge is 0.242 e. The Kier molecular flexibility index (Phi) is 4.14. The molecule has 1 aromatic carbocycles. The number of fused-ring (bicyclic) bond motifs is 1. The Morgan fingerprint density at radius 1 is 1.23 bits per heavy atom. The van der Waals surface area contributed by atoms with E-state index in [1.54, 1.807) is 18.7 Å². The molecule has 1 atom stereocenters. The molecular weight excluding hydrogens is 276 g/mol. The molecule has 0 radical (unpaired) electrons. The minimum Gasteiger partial charge on any atom is -0.354 e. The Labute approximate surface area is 129 Å². The second-order valence-electron chi connectivity index (χ2n) is 5.21. The van der Waals surface area contributed by atoms with Gasteiger partial charge in [0.1, 0.15) is 6.04 Å². The predicted molar refractivity (Wildman–Crippen MR) is 85.4 cm³/mol. The number of para-hydroxylation sites is 2. The molecule has 0 aliphatic carbocycles. The van der Waals surface area contributed by atoms with Gasteiger partial charge >= 0.3 is 0 Å². The Hall–Kier alpha value is -2.69. The molecule has 2 heterocycles. The van der Waals surface area contributed by atoms with Crippen molar-refractivity contribution in [3.63, 3.8) is 0 Å². The van der Waals surface area contributed by atoms with Crippen LogP contribution in [0.2, 0.25) is 0 Å². The van der Waals surface area contributed by atoms with E-state index in [9.17, 15) is 4.79 Å². The first kappa shape index (κ1) is 14.3. The number of amides is 1. The first-order valence-corrected chi connectivity index (χ1v) is 7.34. The highest BCUT2D eigenvalue weighted by Crippen LogP contribution is 2.17. The van der Waals surface area contributed by atoms with E-state index in [-0.39, 0.29) is 11.9 Å². The Morgan fingerprint density at radius 2 is 2.00 bits per heavy atom. The number of carbonyl (C=O) groups is 1. The molecule has 0 unspecified atom stereocenters. The van der Waals surface area contributed by atoms with Crippen LogP contribution in [0, 0.1) is 0 Å². The molecule has 0 fully saturated rings. The molecule has 3 rings (SSSR count). The first-order chi connectivity index (χ1) is 10.8. The van der Waals surface area contributed by atoms with Crippen molar-refractivity contribution in [2.45, 2.75) is 19.4 Å². The number of nitrogens with zero attached hydrogens (tertiary/aromatic N) is 3. The zero-order valence-electron chi connectivity index (χ0n) is 12.4. The summed E-state index contributed by atoms with van der Waals surface area (Å²) in [5, 5.41) is 2.98. The second kappa shape index (κ2) is 6.39. The van der Waals surface area contributed by atoms with Gasteiger partial charge < -0.3 is 9.88 Å². The lowest BCUT2D eigenvalue weighted by atomic mass is 10.2. The SMILES string of the molecule is C[C@H](C(=O)NCCc1ccncc1)n1cnc2ccccc21. The molecule has 22 heavy (non-hydrogen) atoms. The molecule has 2 aromatic heterocycles. The average molecular weight is 294 g/mol. The topological polar surface area (TPSA) is 59.8 Å². The molecule has 3 aromatic rings. The molecule has 5 heteroatoms. The standard InChI is InChI=1S/C17H18N4O/c1-13(21-12-20-15-4-2-3-5-16(15)21)17(22)19-11-8-14-6-9-18-10-7-14/h2-7,9-10,12-13H,8,11H2,1H3,(H,19,22)/t13-/m1/s1. The van der Waals surface area contributed by atoms with Crippen molar-refractivity contribution < 1.29 is 4.79 Å². The fourth-order valence-electron chi connectivity index (χ4n) is 2.44. The molecule has 1 N–H and O–H groups in total. The number of hydrogen-bond donors (Lipinski definition) is 1. The number of rotatable bonds is 5. The highest BCUT2D eigenvalue weighted by molar-refractivity contribution is 5.83. The van der Waals surface area contributed by atoms with Crippen LogP contribution in [0.5, 0.6) is 0 Å². The van der Waals surface area contributed by atoms with E-state index in [1.807, 2.05) is 47.9 Å². The van der Waals surface area contributed by atoms with Crippen LogP contribution in [-0.2, 0) is 11.2 Å². The van der Waals surface area contributed by atoms with Gasteiger partial charge in [-0.3, -0.25) is 9.78 Å². The number of aromatic nitrogens is 3. The van der Waals surface area contributed by atoms with Gasteiger partial charge in [-0.15, -0.1) is 0 Å². The predicted octanol–water partition coefficient (Wildman–Crippen LogP) is 2.35. The van der Waals surface area contributed by atoms with Crippen LogP contribution >= 0.6 is 0 Å². The van der Waals surface area contributed by atoms with Crippen LogP contribution in [0.1, 0.15) is 18.5 Å². The quantitative estimate of drug-likeness (QED) is 0.786. The third kappa shape index (κ3) is 2.98. The lowest BCUT2D eigenvalue weighted by Gasteiger charge is -2.14. The van der Waals surface area contributed by atoms with E-state index >= 15 is 0 Å². The summed E-state index contributed by atoms with van der Waals surface area (Å²) < 4.78 is 1.90. The first-order valence-electron chi connectivity index (χ1n) is 7.34. The van der Waals surface area contributed by atoms with Gasteiger partial charge in [0, 0.05) is 18.9 Å². The zero-order valence-corrected chi connectivity index (χ0v) is 12.4. The lowest BCUT2D eigenvalue weighted by molar-refractivity contribution is -0.123. The molecule has 5 nitrogen and oxygen atoms in total. The van der Waals surface area contributed by atoms with Crippen molar-refractivity contribution in [2.24, 2.45) is 0 Å². The van der Waals surface area contributed by atoms with Crippen LogP contribution in [-0.4, -0.2) is 27.0 Å². The Morgan fingerprint density at radius 3 is 2.82 bits per heavy atom. The van der Waals surface area contributed by atoms with Gasteiger partial charge in [-0.2, -0.15) is 0 Å². The number of carbonyl (C=O) groups excluding carboxylic acids is 1. The molecule has 0 aliphatic rings. The van der Waals surface area contributed by atoms with Gasteiger partial charge in [-0.25, -0.2) is 4.98 Å². The summed E-state index contributed by atoms with van der Waals surface area (Å²) in [7, 11) is 0. The van der Waals surface area contributed by atoms with Crippen molar-refractivity contribution in [1.82, 2.24) is 19.9 Å².